The summed E-state index contributed by atoms with van der Waals surface area (Å²) in [6.07, 6.45) is 0.237. The van der Waals surface area contributed by atoms with Gasteiger partial charge in [-0.05, 0) is 29.8 Å². The lowest BCUT2D eigenvalue weighted by atomic mass is 10.1. The molecule has 1 N–H and O–H groups in total. The number of nitrogens with zero attached hydrogens (tertiary/aromatic N) is 1. The zero-order valence-electron chi connectivity index (χ0n) is 14.0. The minimum absolute atomic E-state index is 0.0263. The number of hydrogen-bond acceptors (Lipinski definition) is 4. The van der Waals surface area contributed by atoms with E-state index in [4.69, 9.17) is 11.6 Å². The van der Waals surface area contributed by atoms with Crippen molar-refractivity contribution in [1.29, 1.82) is 0 Å². The van der Waals surface area contributed by atoms with Crippen molar-refractivity contribution in [2.45, 2.75) is 26.3 Å². The molecular formula is C18H19ClN2O3S. The molecule has 25 heavy (non-hydrogen) atoms. The van der Waals surface area contributed by atoms with Crippen LogP contribution in [0.5, 0.6) is 0 Å². The van der Waals surface area contributed by atoms with Crippen LogP contribution >= 0.6 is 22.9 Å². The van der Waals surface area contributed by atoms with Gasteiger partial charge in [-0.2, -0.15) is 0 Å². The van der Waals surface area contributed by atoms with Crippen LogP contribution in [0, 0.1) is 0 Å². The third-order valence-electron chi connectivity index (χ3n) is 3.60. The van der Waals surface area contributed by atoms with E-state index in [9.17, 15) is 14.4 Å². The van der Waals surface area contributed by atoms with E-state index in [-0.39, 0.29) is 30.4 Å². The molecule has 0 saturated heterocycles. The minimum atomic E-state index is -0.229. The molecule has 7 heteroatoms. The maximum atomic E-state index is 12.0. The van der Waals surface area contributed by atoms with Gasteiger partial charge < -0.3 is 10.2 Å². The number of carbonyl (C=O) groups excluding carboxylic acids is 3. The Morgan fingerprint density at radius 1 is 1.16 bits per heavy atom. The van der Waals surface area contributed by atoms with E-state index in [1.807, 2.05) is 18.2 Å². The van der Waals surface area contributed by atoms with Crippen molar-refractivity contribution in [1.82, 2.24) is 4.90 Å². The molecule has 1 aromatic heterocycles. The summed E-state index contributed by atoms with van der Waals surface area (Å²) in [5.74, 6) is -0.349. The van der Waals surface area contributed by atoms with Crippen LogP contribution in [0.15, 0.2) is 36.4 Å². The van der Waals surface area contributed by atoms with Crippen molar-refractivity contribution in [3.05, 3.63) is 51.2 Å². The van der Waals surface area contributed by atoms with Crippen LogP contribution in [0.3, 0.4) is 0 Å². The van der Waals surface area contributed by atoms with Gasteiger partial charge in [0.2, 0.25) is 11.8 Å². The van der Waals surface area contributed by atoms with Crippen molar-refractivity contribution in [3.63, 3.8) is 0 Å². The normalized spacial score (nSPS) is 10.4. The Labute approximate surface area is 155 Å². The summed E-state index contributed by atoms with van der Waals surface area (Å²) in [4.78, 5) is 37.5. The Morgan fingerprint density at radius 3 is 2.56 bits per heavy atom. The summed E-state index contributed by atoms with van der Waals surface area (Å²) in [5.41, 5.74) is 1.56. The first-order valence-electron chi connectivity index (χ1n) is 7.74. The highest BCUT2D eigenvalue weighted by atomic mass is 35.5. The van der Waals surface area contributed by atoms with Crippen molar-refractivity contribution in [2.24, 2.45) is 0 Å². The molecule has 0 bridgehead atoms. The lowest BCUT2D eigenvalue weighted by molar-refractivity contribution is -0.128. The van der Waals surface area contributed by atoms with E-state index in [1.165, 1.54) is 18.3 Å². The number of benzene rings is 1. The lowest BCUT2D eigenvalue weighted by Gasteiger charge is -2.15. The Bertz CT molecular complexity index is 788. The number of ketones is 1. The first-order chi connectivity index (χ1) is 11.8. The van der Waals surface area contributed by atoms with E-state index >= 15 is 0 Å². The number of nitrogens with one attached hydrogen (secondary N) is 1. The molecule has 0 aliphatic carbocycles. The van der Waals surface area contributed by atoms with Crippen molar-refractivity contribution in [3.8, 4) is 0 Å². The summed E-state index contributed by atoms with van der Waals surface area (Å²) in [6.45, 7) is 1.97. The highest BCUT2D eigenvalue weighted by Crippen LogP contribution is 2.23. The van der Waals surface area contributed by atoms with Crippen molar-refractivity contribution >= 4 is 46.2 Å². The molecular weight excluding hydrogens is 360 g/mol. The van der Waals surface area contributed by atoms with Crippen LogP contribution in [0.2, 0.25) is 4.34 Å². The van der Waals surface area contributed by atoms with Gasteiger partial charge in [0.15, 0.2) is 5.78 Å². The second-order valence-corrected chi connectivity index (χ2v) is 7.37. The molecule has 0 aliphatic heterocycles. The first-order valence-corrected chi connectivity index (χ1v) is 8.93. The topological polar surface area (TPSA) is 66.5 Å². The fourth-order valence-corrected chi connectivity index (χ4v) is 3.18. The predicted molar refractivity (Wildman–Crippen MR) is 100 cm³/mol. The van der Waals surface area contributed by atoms with Crippen LogP contribution in [0.4, 0.5) is 5.69 Å². The average molecular weight is 379 g/mol. The fraction of sp³-hybridized carbons (Fsp3) is 0.278. The van der Waals surface area contributed by atoms with Gasteiger partial charge in [0.05, 0.1) is 9.21 Å². The average Bonchev–Trinajstić information content (AvgIpc) is 2.99. The second-order valence-electron chi connectivity index (χ2n) is 5.65. The Morgan fingerprint density at radius 2 is 1.92 bits per heavy atom. The Balaban J connectivity index is 1.87. The molecule has 0 fully saturated rings. The van der Waals surface area contributed by atoms with Gasteiger partial charge in [-0.1, -0.05) is 23.7 Å². The van der Waals surface area contributed by atoms with Gasteiger partial charge >= 0.3 is 0 Å². The number of carbonyl (C=O) groups is 3. The monoisotopic (exact) mass is 378 g/mol. The summed E-state index contributed by atoms with van der Waals surface area (Å²) < 4.78 is 0.556. The third-order valence-corrected chi connectivity index (χ3v) is 4.87. The third kappa shape index (κ3) is 5.99. The predicted octanol–water partition coefficient (Wildman–Crippen LogP) is 3.98. The number of hydrogen-bond donors (Lipinski definition) is 1. The number of Topliss-reactive ketones (excluding diaryl/α,β-unsaturated/α-hetero) is 1. The molecule has 5 nitrogen and oxygen atoms in total. The zero-order valence-corrected chi connectivity index (χ0v) is 15.6. The van der Waals surface area contributed by atoms with Crippen LogP contribution in [-0.2, 0) is 16.1 Å². The molecule has 0 spiro atoms. The maximum Gasteiger partial charge on any atom is 0.224 e. The highest BCUT2D eigenvalue weighted by molar-refractivity contribution is 7.18. The van der Waals surface area contributed by atoms with Crippen molar-refractivity contribution in [2.75, 3.05) is 12.4 Å². The maximum absolute atomic E-state index is 12.0. The summed E-state index contributed by atoms with van der Waals surface area (Å²) in [5, 5.41) is 2.78. The number of rotatable bonds is 7. The fourth-order valence-electron chi connectivity index (χ4n) is 2.17. The molecule has 1 heterocycles. The van der Waals surface area contributed by atoms with Gasteiger partial charge in [0, 0.05) is 39.0 Å². The van der Waals surface area contributed by atoms with Gasteiger partial charge in [0.1, 0.15) is 0 Å². The smallest absolute Gasteiger partial charge is 0.224 e. The molecule has 0 aliphatic rings. The van der Waals surface area contributed by atoms with E-state index in [0.29, 0.717) is 21.4 Å². The number of halogens is 1. The van der Waals surface area contributed by atoms with E-state index < -0.39 is 0 Å². The SMILES string of the molecule is CC(=O)N(C)Cc1cccc(NC(=O)CCC(=O)c2ccc(Cl)s2)c1. The van der Waals surface area contributed by atoms with Crippen LogP contribution in [-0.4, -0.2) is 29.5 Å². The number of amides is 2. The van der Waals surface area contributed by atoms with Gasteiger partial charge in [-0.15, -0.1) is 11.3 Å². The second kappa shape index (κ2) is 8.78. The molecule has 0 unspecified atom stereocenters. The minimum Gasteiger partial charge on any atom is -0.342 e. The molecule has 1 aromatic carbocycles. The van der Waals surface area contributed by atoms with Crippen LogP contribution < -0.4 is 5.32 Å². The van der Waals surface area contributed by atoms with Crippen molar-refractivity contribution < 1.29 is 14.4 Å². The molecule has 2 aromatic rings. The molecule has 2 rings (SSSR count). The van der Waals surface area contributed by atoms with Gasteiger partial charge in [-0.3, -0.25) is 14.4 Å². The lowest BCUT2D eigenvalue weighted by Crippen LogP contribution is -2.23. The summed E-state index contributed by atoms with van der Waals surface area (Å²) in [6, 6.07) is 10.6. The molecule has 2 amide bonds. The summed E-state index contributed by atoms with van der Waals surface area (Å²) >= 11 is 7.02. The van der Waals surface area contributed by atoms with Gasteiger partial charge in [0.25, 0.3) is 0 Å². The molecule has 0 saturated carbocycles. The van der Waals surface area contributed by atoms with E-state index in [2.05, 4.69) is 5.32 Å². The molecule has 132 valence electrons. The van der Waals surface area contributed by atoms with Crippen LogP contribution in [0.25, 0.3) is 0 Å². The van der Waals surface area contributed by atoms with E-state index in [1.54, 1.807) is 30.1 Å². The first kappa shape index (κ1) is 19.1. The number of thiophene rings is 1. The Hall–Kier alpha value is -2.18. The van der Waals surface area contributed by atoms with Crippen LogP contribution in [0.1, 0.15) is 35.0 Å². The Kier molecular flexibility index (Phi) is 6.73. The zero-order chi connectivity index (χ0) is 18.4. The largest absolute Gasteiger partial charge is 0.342 e. The van der Waals surface area contributed by atoms with Gasteiger partial charge in [-0.25, -0.2) is 0 Å². The molecule has 0 radical (unpaired) electrons. The highest BCUT2D eigenvalue weighted by Gasteiger charge is 2.12. The molecule has 0 atom stereocenters. The van der Waals surface area contributed by atoms with E-state index in [0.717, 1.165) is 5.56 Å². The summed E-state index contributed by atoms with van der Waals surface area (Å²) in [7, 11) is 1.72. The number of anilines is 1. The quantitative estimate of drug-likeness (QED) is 0.741. The standard InChI is InChI=1S/C18H19ClN2O3S/c1-12(22)21(2)11-13-4-3-5-14(10-13)20-18(24)9-6-15(23)16-7-8-17(19)25-16/h3-5,7-8,10H,6,9,11H2,1-2H3,(H,20,24).